The van der Waals surface area contributed by atoms with Crippen LogP contribution in [0.15, 0.2) is 88.8 Å². The Hall–Kier alpha value is -4.27. The fourth-order valence-corrected chi connectivity index (χ4v) is 8.49. The summed E-state index contributed by atoms with van der Waals surface area (Å²) in [5.74, 6) is -0.105. The lowest BCUT2D eigenvalue weighted by molar-refractivity contribution is -0.0907. The van der Waals surface area contributed by atoms with Gasteiger partial charge in [0.25, 0.3) is 0 Å². The molecule has 4 N–H and O–H groups in total. The highest BCUT2D eigenvalue weighted by Crippen LogP contribution is 2.33. The first-order chi connectivity index (χ1) is 25.0. The smallest absolute Gasteiger partial charge is 0.407 e. The molecule has 0 radical (unpaired) electrons. The number of aromatic nitrogens is 1. The van der Waals surface area contributed by atoms with E-state index in [1.807, 2.05) is 74.5 Å². The summed E-state index contributed by atoms with van der Waals surface area (Å²) in [7, 11) is -4.16. The van der Waals surface area contributed by atoms with E-state index in [-0.39, 0.29) is 60.9 Å². The van der Waals surface area contributed by atoms with Crippen LogP contribution in [0.1, 0.15) is 49.8 Å². The van der Waals surface area contributed by atoms with Crippen molar-refractivity contribution in [3.63, 3.8) is 0 Å². The molecule has 6 rings (SSSR count). The number of benzene rings is 3. The van der Waals surface area contributed by atoms with Crippen molar-refractivity contribution in [2.75, 3.05) is 32.8 Å². The number of aliphatic hydroxyl groups is 1. The highest BCUT2D eigenvalue weighted by molar-refractivity contribution is 7.89. The Kier molecular flexibility index (Phi) is 12.0. The number of amides is 1. The van der Waals surface area contributed by atoms with Gasteiger partial charge in [0.05, 0.1) is 41.7 Å². The predicted molar refractivity (Wildman–Crippen MR) is 198 cm³/mol. The number of aliphatic imine (C=N–C) groups is 1. The zero-order chi connectivity index (χ0) is 36.8. The van der Waals surface area contributed by atoms with Crippen LogP contribution in [0.5, 0.6) is 5.88 Å². The molecule has 13 heteroatoms. The topological polar surface area (TPSA) is 163 Å². The largest absolute Gasteiger partial charge is 0.494 e. The van der Waals surface area contributed by atoms with Crippen molar-refractivity contribution >= 4 is 33.2 Å². The molecule has 6 unspecified atom stereocenters. The molecule has 0 saturated carbocycles. The monoisotopic (exact) mass is 732 g/mol. The molecule has 4 aromatic rings. The first kappa shape index (κ1) is 37.5. The normalized spacial score (nSPS) is 20.8. The number of carbonyl (C=O) groups is 1. The van der Waals surface area contributed by atoms with Crippen LogP contribution < -0.4 is 5.32 Å². The molecule has 2 saturated heterocycles. The fourth-order valence-electron chi connectivity index (χ4n) is 6.84. The summed E-state index contributed by atoms with van der Waals surface area (Å²) < 4.78 is 46.8. The van der Waals surface area contributed by atoms with Gasteiger partial charge in [-0.15, -0.1) is 0 Å². The summed E-state index contributed by atoms with van der Waals surface area (Å²) in [5, 5.41) is 25.8. The zero-order valence-corrected chi connectivity index (χ0v) is 30.5. The number of ether oxygens (including phenoxy) is 3. The number of fused-ring (bicyclic) bond motifs is 2. The van der Waals surface area contributed by atoms with Gasteiger partial charge in [0.1, 0.15) is 6.10 Å². The van der Waals surface area contributed by atoms with E-state index in [2.05, 4.69) is 22.2 Å². The molecule has 1 aromatic heterocycles. The number of aromatic amines is 1. The van der Waals surface area contributed by atoms with Gasteiger partial charge in [-0.3, -0.25) is 4.99 Å². The molecular weight excluding hydrogens is 685 g/mol. The van der Waals surface area contributed by atoms with Crippen LogP contribution in [-0.4, -0.2) is 97.6 Å². The highest BCUT2D eigenvalue weighted by Gasteiger charge is 2.44. The van der Waals surface area contributed by atoms with Crippen molar-refractivity contribution in [1.82, 2.24) is 14.6 Å². The fraction of sp³-hybridized carbons (Fsp3) is 0.436. The molecule has 52 heavy (non-hydrogen) atoms. The Bertz CT molecular complexity index is 1940. The van der Waals surface area contributed by atoms with E-state index in [4.69, 9.17) is 14.2 Å². The van der Waals surface area contributed by atoms with Gasteiger partial charge < -0.3 is 34.7 Å². The lowest BCUT2D eigenvalue weighted by Gasteiger charge is -2.31. The van der Waals surface area contributed by atoms with Crippen LogP contribution in [0.2, 0.25) is 0 Å². The zero-order valence-electron chi connectivity index (χ0n) is 29.7. The van der Waals surface area contributed by atoms with Gasteiger partial charge in [-0.25, -0.2) is 13.2 Å². The molecule has 12 nitrogen and oxygen atoms in total. The maximum absolute atomic E-state index is 14.3. The summed E-state index contributed by atoms with van der Waals surface area (Å²) in [6, 6.07) is 23.1. The van der Waals surface area contributed by atoms with Crippen LogP contribution >= 0.6 is 0 Å². The maximum atomic E-state index is 14.3. The molecule has 2 aliphatic rings. The van der Waals surface area contributed by atoms with Gasteiger partial charge in [-0.05, 0) is 48.1 Å². The van der Waals surface area contributed by atoms with Gasteiger partial charge >= 0.3 is 6.09 Å². The Morgan fingerprint density at radius 3 is 2.52 bits per heavy atom. The van der Waals surface area contributed by atoms with E-state index >= 15 is 0 Å². The number of rotatable bonds is 15. The Labute approximate surface area is 304 Å². The number of aliphatic hydroxyl groups excluding tert-OH is 1. The number of hydrogen-bond donors (Lipinski definition) is 4. The van der Waals surface area contributed by atoms with E-state index in [0.717, 1.165) is 17.5 Å². The number of H-pyrrole nitrogens is 1. The van der Waals surface area contributed by atoms with Gasteiger partial charge in [0.15, 0.2) is 12.2 Å². The Morgan fingerprint density at radius 2 is 1.79 bits per heavy atom. The summed E-state index contributed by atoms with van der Waals surface area (Å²) >= 11 is 0. The number of sulfonamides is 1. The standard InChI is InChI=1S/C39H48N4O8S/c1-25(2)22-43(23-35(44)34(18-27-10-6-4-7-11-27)42-39(46)51-36-24-50-38-30(36)16-17-49-38)52(47,48)29-14-15-33-31(19-29)32(37(45)41-33)21-40-20-26(3)28-12-8-5-9-13-28/h4-15,19,21,25-26,30,34-36,38,41,44-45H,16-18,20,22-24H2,1-3H3,(H,42,46). The number of carbonyl (C=O) groups excluding carboxylic acids is 1. The molecule has 1 amide bonds. The van der Waals surface area contributed by atoms with Crippen LogP contribution in [-0.2, 0) is 30.7 Å². The number of nitrogens with zero attached hydrogens (tertiary/aromatic N) is 2. The van der Waals surface area contributed by atoms with Crippen LogP contribution in [0.4, 0.5) is 4.79 Å². The van der Waals surface area contributed by atoms with Crippen molar-refractivity contribution in [3.05, 3.63) is 95.6 Å². The number of nitrogens with one attached hydrogen (secondary N) is 2. The predicted octanol–water partition coefficient (Wildman–Crippen LogP) is 5.20. The quantitative estimate of drug-likeness (QED) is 0.121. The third-order valence-corrected chi connectivity index (χ3v) is 11.5. The van der Waals surface area contributed by atoms with Gasteiger partial charge in [-0.1, -0.05) is 81.4 Å². The molecule has 0 spiro atoms. The second kappa shape index (κ2) is 16.6. The van der Waals surface area contributed by atoms with E-state index in [1.165, 1.54) is 16.4 Å². The minimum atomic E-state index is -4.16. The SMILES string of the molecule is CC(C)CN(CC(O)C(Cc1ccccc1)NC(=O)OC1COC2OCCC12)S(=O)(=O)c1ccc2[nH]c(O)c(C=NCC(C)c3ccccc3)c2c1. The average Bonchev–Trinajstić information content (AvgIpc) is 3.83. The lowest BCUT2D eigenvalue weighted by Crippen LogP contribution is -2.51. The molecule has 0 aliphatic carbocycles. The van der Waals surface area contributed by atoms with Crippen molar-refractivity contribution in [2.45, 2.75) is 69.0 Å². The average molecular weight is 733 g/mol. The molecular formula is C39H48N4O8S. The third-order valence-electron chi connectivity index (χ3n) is 9.66. The van der Waals surface area contributed by atoms with Crippen LogP contribution in [0.3, 0.4) is 0 Å². The second-order valence-electron chi connectivity index (χ2n) is 14.1. The minimum absolute atomic E-state index is 0.000650. The van der Waals surface area contributed by atoms with Crippen molar-refractivity contribution in [3.8, 4) is 5.88 Å². The summed E-state index contributed by atoms with van der Waals surface area (Å²) in [4.78, 5) is 20.7. The molecule has 3 heterocycles. The Balaban J connectivity index is 1.21. The van der Waals surface area contributed by atoms with Gasteiger partial charge in [0, 0.05) is 42.7 Å². The maximum Gasteiger partial charge on any atom is 0.407 e. The van der Waals surface area contributed by atoms with E-state index in [1.54, 1.807) is 12.3 Å². The molecule has 0 bridgehead atoms. The van der Waals surface area contributed by atoms with Crippen molar-refractivity contribution in [1.29, 1.82) is 0 Å². The third kappa shape index (κ3) is 8.84. The number of aromatic hydroxyl groups is 1. The first-order valence-electron chi connectivity index (χ1n) is 17.8. The first-order valence-corrected chi connectivity index (χ1v) is 19.3. The van der Waals surface area contributed by atoms with Crippen molar-refractivity contribution in [2.24, 2.45) is 16.8 Å². The number of alkyl carbamates (subject to hydrolysis) is 1. The molecule has 6 atom stereocenters. The molecule has 278 valence electrons. The highest BCUT2D eigenvalue weighted by atomic mass is 32.2. The number of hydrogen-bond acceptors (Lipinski definition) is 9. The van der Waals surface area contributed by atoms with Crippen LogP contribution in [0.25, 0.3) is 10.9 Å². The molecule has 2 fully saturated rings. The van der Waals surface area contributed by atoms with E-state index < -0.39 is 34.4 Å². The summed E-state index contributed by atoms with van der Waals surface area (Å²) in [6.45, 7) is 6.92. The minimum Gasteiger partial charge on any atom is -0.494 e. The van der Waals surface area contributed by atoms with Gasteiger partial charge in [-0.2, -0.15) is 4.31 Å². The van der Waals surface area contributed by atoms with Crippen molar-refractivity contribution < 1.29 is 37.6 Å². The van der Waals surface area contributed by atoms with Gasteiger partial charge in [0.2, 0.25) is 10.0 Å². The Morgan fingerprint density at radius 1 is 1.06 bits per heavy atom. The second-order valence-corrected chi connectivity index (χ2v) is 16.0. The van der Waals surface area contributed by atoms with E-state index in [9.17, 15) is 23.4 Å². The van der Waals surface area contributed by atoms with Crippen LogP contribution in [0, 0.1) is 11.8 Å². The molecule has 3 aromatic carbocycles. The lowest BCUT2D eigenvalue weighted by atomic mass is 10.0. The molecule has 2 aliphatic heterocycles. The summed E-state index contributed by atoms with van der Waals surface area (Å²) in [5.41, 5.74) is 2.93. The summed E-state index contributed by atoms with van der Waals surface area (Å²) in [6.07, 6.45) is -0.359. The van der Waals surface area contributed by atoms with E-state index in [0.29, 0.717) is 29.6 Å².